The third-order valence-corrected chi connectivity index (χ3v) is 4.51. The summed E-state index contributed by atoms with van der Waals surface area (Å²) >= 11 is 2.36. The van der Waals surface area contributed by atoms with Crippen LogP contribution in [0.15, 0.2) is 11.6 Å². The Morgan fingerprint density at radius 1 is 1.57 bits per heavy atom. The van der Waals surface area contributed by atoms with Gasteiger partial charge in [0.15, 0.2) is 0 Å². The van der Waals surface area contributed by atoms with Crippen LogP contribution in [0.4, 0.5) is 0 Å². The van der Waals surface area contributed by atoms with Crippen LogP contribution in [0.25, 0.3) is 0 Å². The molecule has 0 aliphatic heterocycles. The van der Waals surface area contributed by atoms with Gasteiger partial charge in [-0.1, -0.05) is 42.5 Å². The van der Waals surface area contributed by atoms with Crippen molar-refractivity contribution in [2.45, 2.75) is 26.7 Å². The Hall–Kier alpha value is 0.430. The van der Waals surface area contributed by atoms with Crippen LogP contribution in [0.3, 0.4) is 0 Å². The van der Waals surface area contributed by atoms with E-state index in [1.807, 2.05) is 0 Å². The first-order valence-electron chi connectivity index (χ1n) is 5.49. The summed E-state index contributed by atoms with van der Waals surface area (Å²) in [7, 11) is 0. The summed E-state index contributed by atoms with van der Waals surface area (Å²) in [4.78, 5) is 0. The fraction of sp³-hybridized carbons (Fsp3) is 0.833. The van der Waals surface area contributed by atoms with Gasteiger partial charge < -0.3 is 4.74 Å². The molecule has 2 atom stereocenters. The number of allylic oxidation sites excluding steroid dienone is 1. The van der Waals surface area contributed by atoms with Crippen molar-refractivity contribution in [1.29, 1.82) is 0 Å². The first-order valence-corrected chi connectivity index (χ1v) is 7.01. The first kappa shape index (κ1) is 10.9. The van der Waals surface area contributed by atoms with Gasteiger partial charge in [0.1, 0.15) is 0 Å². The number of fused-ring (bicyclic) bond motifs is 1. The van der Waals surface area contributed by atoms with Crippen LogP contribution in [0, 0.1) is 17.3 Å². The van der Waals surface area contributed by atoms with Crippen molar-refractivity contribution in [2.24, 2.45) is 17.3 Å². The van der Waals surface area contributed by atoms with Crippen LogP contribution in [-0.4, -0.2) is 17.6 Å². The molecule has 3 aliphatic carbocycles. The number of rotatable bonds is 4. The smallest absolute Gasteiger partial charge is 0.0680 e. The molecule has 0 amide bonds. The third-order valence-electron chi connectivity index (χ3n) is 4.07. The van der Waals surface area contributed by atoms with E-state index in [9.17, 15) is 0 Å². The lowest BCUT2D eigenvalue weighted by molar-refractivity contribution is -0.0166. The predicted molar refractivity (Wildman–Crippen MR) is 67.8 cm³/mol. The molecular weight excluding hydrogens is 287 g/mol. The van der Waals surface area contributed by atoms with E-state index >= 15 is 0 Å². The van der Waals surface area contributed by atoms with E-state index in [2.05, 4.69) is 42.5 Å². The molecule has 1 saturated carbocycles. The Labute approximate surface area is 100 Å². The molecule has 0 saturated heterocycles. The minimum Gasteiger partial charge on any atom is -0.376 e. The lowest BCUT2D eigenvalue weighted by Crippen LogP contribution is -2.48. The number of hydrogen-bond acceptors (Lipinski definition) is 1. The molecule has 14 heavy (non-hydrogen) atoms. The van der Waals surface area contributed by atoms with Crippen LogP contribution in [0.5, 0.6) is 0 Å². The lowest BCUT2D eigenvalue weighted by atomic mass is 9.49. The van der Waals surface area contributed by atoms with E-state index in [4.69, 9.17) is 4.74 Å². The van der Waals surface area contributed by atoms with Gasteiger partial charge in [-0.05, 0) is 35.7 Å². The maximum absolute atomic E-state index is 5.63. The average molecular weight is 306 g/mol. The van der Waals surface area contributed by atoms with Crippen molar-refractivity contribution in [2.75, 3.05) is 17.6 Å². The van der Waals surface area contributed by atoms with E-state index in [0.29, 0.717) is 5.41 Å². The average Bonchev–Trinajstić information content (AvgIpc) is 2.18. The highest BCUT2D eigenvalue weighted by atomic mass is 127. The highest BCUT2D eigenvalue weighted by Gasteiger charge is 2.50. The molecule has 0 radical (unpaired) electrons. The van der Waals surface area contributed by atoms with Gasteiger partial charge >= 0.3 is 0 Å². The van der Waals surface area contributed by atoms with Gasteiger partial charge in [-0.2, -0.15) is 0 Å². The van der Waals surface area contributed by atoms with Crippen LogP contribution in [0.1, 0.15) is 26.7 Å². The molecular formula is C12H19IO. The summed E-state index contributed by atoms with van der Waals surface area (Å²) in [6, 6.07) is 0. The molecule has 2 bridgehead atoms. The first-order chi connectivity index (χ1) is 6.66. The minimum atomic E-state index is 0.553. The quantitative estimate of drug-likeness (QED) is 0.335. The second kappa shape index (κ2) is 4.12. The summed E-state index contributed by atoms with van der Waals surface area (Å²) in [6.07, 6.45) is 5.12. The van der Waals surface area contributed by atoms with Gasteiger partial charge in [-0.25, -0.2) is 0 Å². The van der Waals surface area contributed by atoms with Gasteiger partial charge in [-0.3, -0.25) is 0 Å². The fourth-order valence-corrected chi connectivity index (χ4v) is 3.20. The molecule has 80 valence electrons. The number of halogens is 1. The van der Waals surface area contributed by atoms with E-state index in [-0.39, 0.29) is 0 Å². The van der Waals surface area contributed by atoms with Gasteiger partial charge in [0.2, 0.25) is 0 Å². The van der Waals surface area contributed by atoms with E-state index < -0.39 is 0 Å². The highest BCUT2D eigenvalue weighted by molar-refractivity contribution is 14.1. The molecule has 3 rings (SSSR count). The zero-order valence-corrected chi connectivity index (χ0v) is 11.2. The maximum Gasteiger partial charge on any atom is 0.0680 e. The molecule has 0 N–H and O–H groups in total. The van der Waals surface area contributed by atoms with Gasteiger partial charge in [0.05, 0.1) is 13.2 Å². The van der Waals surface area contributed by atoms with E-state index in [1.165, 1.54) is 12.8 Å². The molecule has 3 aliphatic rings. The summed E-state index contributed by atoms with van der Waals surface area (Å²) in [5.74, 6) is 1.76. The highest BCUT2D eigenvalue weighted by Crippen LogP contribution is 2.59. The number of alkyl halides is 1. The molecule has 0 unspecified atom stereocenters. The van der Waals surface area contributed by atoms with E-state index in [1.54, 1.807) is 5.57 Å². The molecule has 1 nitrogen and oxygen atoms in total. The Bertz CT molecular complexity index is 245. The Morgan fingerprint density at radius 3 is 2.93 bits per heavy atom. The van der Waals surface area contributed by atoms with Crippen LogP contribution >= 0.6 is 22.6 Å². The summed E-state index contributed by atoms with van der Waals surface area (Å²) in [5, 5.41) is 0. The summed E-state index contributed by atoms with van der Waals surface area (Å²) < 4.78 is 6.73. The molecule has 0 heterocycles. The molecule has 0 aromatic rings. The van der Waals surface area contributed by atoms with Crippen LogP contribution in [0.2, 0.25) is 0 Å². The van der Waals surface area contributed by atoms with Gasteiger partial charge in [-0.15, -0.1) is 0 Å². The number of hydrogen-bond donors (Lipinski definition) is 0. The number of ether oxygens (including phenoxy) is 1. The van der Waals surface area contributed by atoms with Crippen molar-refractivity contribution in [3.63, 3.8) is 0 Å². The van der Waals surface area contributed by atoms with Gasteiger partial charge in [0, 0.05) is 4.43 Å². The second-order valence-electron chi connectivity index (χ2n) is 5.06. The fourth-order valence-electron chi connectivity index (χ4n) is 2.89. The van der Waals surface area contributed by atoms with Gasteiger partial charge in [0.25, 0.3) is 0 Å². The normalized spacial score (nSPS) is 33.5. The molecule has 2 heteroatoms. The molecule has 0 spiro atoms. The van der Waals surface area contributed by atoms with Crippen LogP contribution < -0.4 is 0 Å². The zero-order chi connectivity index (χ0) is 10.2. The lowest BCUT2D eigenvalue weighted by Gasteiger charge is -2.56. The Balaban J connectivity index is 1.91. The molecule has 0 aromatic carbocycles. The van der Waals surface area contributed by atoms with Crippen molar-refractivity contribution in [3.05, 3.63) is 11.6 Å². The SMILES string of the molecule is CC1(C)[C@H]2CC=C(COCCI)[C@@H]1C2. The summed E-state index contributed by atoms with van der Waals surface area (Å²) in [5.41, 5.74) is 2.12. The van der Waals surface area contributed by atoms with Crippen molar-refractivity contribution >= 4 is 22.6 Å². The Kier molecular flexibility index (Phi) is 3.22. The van der Waals surface area contributed by atoms with Crippen molar-refractivity contribution in [1.82, 2.24) is 0 Å². The molecule has 1 fully saturated rings. The van der Waals surface area contributed by atoms with Crippen LogP contribution in [-0.2, 0) is 4.74 Å². The Morgan fingerprint density at radius 2 is 2.36 bits per heavy atom. The minimum absolute atomic E-state index is 0.553. The third kappa shape index (κ3) is 1.75. The molecule has 0 aromatic heterocycles. The maximum atomic E-state index is 5.63. The zero-order valence-electron chi connectivity index (χ0n) is 9.05. The van der Waals surface area contributed by atoms with Crippen molar-refractivity contribution < 1.29 is 4.74 Å². The monoisotopic (exact) mass is 306 g/mol. The van der Waals surface area contributed by atoms with E-state index in [0.717, 1.165) is 29.5 Å². The largest absolute Gasteiger partial charge is 0.376 e. The standard InChI is InChI=1S/C12H19IO/c1-12(2)10-4-3-9(11(12)7-10)8-14-6-5-13/h3,10-11H,4-8H2,1-2H3/t10-,11-/m0/s1. The topological polar surface area (TPSA) is 9.23 Å². The summed E-state index contributed by atoms with van der Waals surface area (Å²) in [6.45, 7) is 6.60. The second-order valence-corrected chi connectivity index (χ2v) is 6.14. The van der Waals surface area contributed by atoms with Crippen molar-refractivity contribution in [3.8, 4) is 0 Å². The predicted octanol–water partition coefficient (Wildman–Crippen LogP) is 3.43.